The highest BCUT2D eigenvalue weighted by Crippen LogP contribution is 2.27. The first kappa shape index (κ1) is 14.5. The van der Waals surface area contributed by atoms with Gasteiger partial charge in [-0.2, -0.15) is 0 Å². The fraction of sp³-hybridized carbons (Fsp3) is 0.538. The standard InChI is InChI=1S/C13H21ClN2O/c1-13(10-17,15-8-9-16(2)3)11-6-4-5-7-12(11)14/h4-7,15,17H,8-10H2,1-3H3. The van der Waals surface area contributed by atoms with E-state index in [0.29, 0.717) is 5.02 Å². The Morgan fingerprint density at radius 1 is 1.35 bits per heavy atom. The molecule has 2 N–H and O–H groups in total. The second kappa shape index (κ2) is 6.36. The summed E-state index contributed by atoms with van der Waals surface area (Å²) < 4.78 is 0. The largest absolute Gasteiger partial charge is 0.394 e. The van der Waals surface area contributed by atoms with Crippen LogP contribution in [0.3, 0.4) is 0 Å². The van der Waals surface area contributed by atoms with E-state index < -0.39 is 5.54 Å². The summed E-state index contributed by atoms with van der Waals surface area (Å²) in [6.45, 7) is 3.70. The molecule has 0 saturated heterocycles. The molecule has 0 aliphatic rings. The second-order valence-electron chi connectivity index (χ2n) is 4.70. The lowest BCUT2D eigenvalue weighted by molar-refractivity contribution is 0.172. The van der Waals surface area contributed by atoms with Crippen molar-refractivity contribution in [1.29, 1.82) is 0 Å². The minimum absolute atomic E-state index is 0.0180. The molecule has 0 amide bonds. The number of rotatable bonds is 6. The first-order valence-electron chi connectivity index (χ1n) is 5.75. The molecule has 0 saturated carbocycles. The van der Waals surface area contributed by atoms with Crippen molar-refractivity contribution >= 4 is 11.6 Å². The van der Waals surface area contributed by atoms with Crippen molar-refractivity contribution in [1.82, 2.24) is 10.2 Å². The Bertz CT molecular complexity index is 357. The summed E-state index contributed by atoms with van der Waals surface area (Å²) in [7, 11) is 4.04. The second-order valence-corrected chi connectivity index (χ2v) is 5.11. The molecule has 0 aliphatic carbocycles. The molecule has 96 valence electrons. The molecule has 1 aromatic carbocycles. The quantitative estimate of drug-likeness (QED) is 0.813. The van der Waals surface area contributed by atoms with Crippen LogP contribution >= 0.6 is 11.6 Å². The van der Waals surface area contributed by atoms with Crippen LogP contribution in [0.2, 0.25) is 5.02 Å². The molecule has 1 rings (SSSR count). The van der Waals surface area contributed by atoms with Gasteiger partial charge < -0.3 is 15.3 Å². The molecule has 17 heavy (non-hydrogen) atoms. The van der Waals surface area contributed by atoms with E-state index >= 15 is 0 Å². The number of hydrogen-bond acceptors (Lipinski definition) is 3. The van der Waals surface area contributed by atoms with E-state index in [1.807, 2.05) is 45.3 Å². The van der Waals surface area contributed by atoms with Crippen LogP contribution < -0.4 is 5.32 Å². The van der Waals surface area contributed by atoms with Gasteiger partial charge in [0.25, 0.3) is 0 Å². The van der Waals surface area contributed by atoms with Gasteiger partial charge in [-0.25, -0.2) is 0 Å². The Balaban J connectivity index is 2.78. The average Bonchev–Trinajstić information content (AvgIpc) is 2.29. The summed E-state index contributed by atoms with van der Waals surface area (Å²) in [5.41, 5.74) is 0.442. The maximum absolute atomic E-state index is 9.59. The summed E-state index contributed by atoms with van der Waals surface area (Å²) in [5, 5.41) is 13.6. The van der Waals surface area contributed by atoms with Gasteiger partial charge in [0.1, 0.15) is 0 Å². The zero-order valence-electron chi connectivity index (χ0n) is 10.7. The Kier molecular flexibility index (Phi) is 5.40. The van der Waals surface area contributed by atoms with E-state index in [9.17, 15) is 5.11 Å². The zero-order valence-corrected chi connectivity index (χ0v) is 11.5. The van der Waals surface area contributed by atoms with Crippen LogP contribution in [-0.2, 0) is 5.54 Å². The van der Waals surface area contributed by atoms with Gasteiger partial charge in [0.2, 0.25) is 0 Å². The summed E-state index contributed by atoms with van der Waals surface area (Å²) >= 11 is 6.17. The van der Waals surface area contributed by atoms with Crippen LogP contribution in [0.4, 0.5) is 0 Å². The van der Waals surface area contributed by atoms with Crippen LogP contribution in [0.1, 0.15) is 12.5 Å². The number of nitrogens with one attached hydrogen (secondary N) is 1. The molecule has 0 radical (unpaired) electrons. The molecule has 1 unspecified atom stereocenters. The fourth-order valence-electron chi connectivity index (χ4n) is 1.70. The molecule has 1 aromatic rings. The summed E-state index contributed by atoms with van der Waals surface area (Å²) in [5.74, 6) is 0. The van der Waals surface area contributed by atoms with E-state index in [1.165, 1.54) is 0 Å². The van der Waals surface area contributed by atoms with Crippen LogP contribution in [0, 0.1) is 0 Å². The monoisotopic (exact) mass is 256 g/mol. The van der Waals surface area contributed by atoms with E-state index in [2.05, 4.69) is 10.2 Å². The third-order valence-corrected chi connectivity index (χ3v) is 3.19. The molecule has 0 spiro atoms. The lowest BCUT2D eigenvalue weighted by atomic mass is 9.93. The van der Waals surface area contributed by atoms with Gasteiger partial charge in [0.05, 0.1) is 12.1 Å². The summed E-state index contributed by atoms with van der Waals surface area (Å²) in [6.07, 6.45) is 0. The SMILES string of the molecule is CN(C)CCNC(C)(CO)c1ccccc1Cl. The Morgan fingerprint density at radius 2 is 2.00 bits per heavy atom. The molecule has 1 atom stereocenters. The predicted octanol–water partition coefficient (Wildman–Crippen LogP) is 1.70. The minimum atomic E-state index is -0.492. The molecule has 4 heteroatoms. The summed E-state index contributed by atoms with van der Waals surface area (Å²) in [6, 6.07) is 7.62. The average molecular weight is 257 g/mol. The lowest BCUT2D eigenvalue weighted by Crippen LogP contribution is -2.45. The van der Waals surface area contributed by atoms with Crippen molar-refractivity contribution in [2.75, 3.05) is 33.8 Å². The Hall–Kier alpha value is -0.610. The van der Waals surface area contributed by atoms with Crippen molar-refractivity contribution < 1.29 is 5.11 Å². The molecule has 0 fully saturated rings. The zero-order chi connectivity index (χ0) is 12.9. The van der Waals surface area contributed by atoms with Gasteiger partial charge in [-0.1, -0.05) is 29.8 Å². The molecule has 0 bridgehead atoms. The highest BCUT2D eigenvalue weighted by Gasteiger charge is 2.26. The highest BCUT2D eigenvalue weighted by atomic mass is 35.5. The Labute approximate surface area is 108 Å². The first-order valence-corrected chi connectivity index (χ1v) is 6.13. The smallest absolute Gasteiger partial charge is 0.0655 e. The van der Waals surface area contributed by atoms with Gasteiger partial charge in [-0.15, -0.1) is 0 Å². The number of halogens is 1. The van der Waals surface area contributed by atoms with E-state index in [4.69, 9.17) is 11.6 Å². The Morgan fingerprint density at radius 3 is 2.53 bits per heavy atom. The van der Waals surface area contributed by atoms with Crippen LogP contribution in [0.5, 0.6) is 0 Å². The number of hydrogen-bond donors (Lipinski definition) is 2. The maximum atomic E-state index is 9.59. The number of aliphatic hydroxyl groups is 1. The molecule has 3 nitrogen and oxygen atoms in total. The number of likely N-dealkylation sites (N-methyl/N-ethyl adjacent to an activating group) is 1. The van der Waals surface area contributed by atoms with Gasteiger partial charge in [0.15, 0.2) is 0 Å². The number of nitrogens with zero attached hydrogens (tertiary/aromatic N) is 1. The van der Waals surface area contributed by atoms with Crippen LogP contribution in [-0.4, -0.2) is 43.8 Å². The first-order chi connectivity index (χ1) is 7.99. The maximum Gasteiger partial charge on any atom is 0.0655 e. The third kappa shape index (κ3) is 3.96. The fourth-order valence-corrected chi connectivity index (χ4v) is 2.04. The number of benzene rings is 1. The molecular weight excluding hydrogens is 236 g/mol. The van der Waals surface area contributed by atoms with Gasteiger partial charge >= 0.3 is 0 Å². The van der Waals surface area contributed by atoms with Crippen molar-refractivity contribution in [2.45, 2.75) is 12.5 Å². The van der Waals surface area contributed by atoms with Gasteiger partial charge in [-0.3, -0.25) is 0 Å². The van der Waals surface area contributed by atoms with Crippen molar-refractivity contribution in [2.24, 2.45) is 0 Å². The topological polar surface area (TPSA) is 35.5 Å². The van der Waals surface area contributed by atoms with Crippen molar-refractivity contribution in [3.8, 4) is 0 Å². The van der Waals surface area contributed by atoms with Crippen molar-refractivity contribution in [3.63, 3.8) is 0 Å². The van der Waals surface area contributed by atoms with Crippen LogP contribution in [0.15, 0.2) is 24.3 Å². The van der Waals surface area contributed by atoms with Crippen molar-refractivity contribution in [3.05, 3.63) is 34.9 Å². The van der Waals surface area contributed by atoms with E-state index in [-0.39, 0.29) is 6.61 Å². The van der Waals surface area contributed by atoms with E-state index in [0.717, 1.165) is 18.7 Å². The minimum Gasteiger partial charge on any atom is -0.394 e. The molecule has 0 aromatic heterocycles. The lowest BCUT2D eigenvalue weighted by Gasteiger charge is -2.31. The molecule has 0 aliphatic heterocycles. The highest BCUT2D eigenvalue weighted by molar-refractivity contribution is 6.31. The molecular formula is C13H21ClN2O. The normalized spacial score (nSPS) is 14.9. The molecule has 0 heterocycles. The number of aliphatic hydroxyl groups excluding tert-OH is 1. The van der Waals surface area contributed by atoms with Crippen LogP contribution in [0.25, 0.3) is 0 Å². The third-order valence-electron chi connectivity index (χ3n) is 2.86. The van der Waals surface area contributed by atoms with Gasteiger partial charge in [0, 0.05) is 18.1 Å². The van der Waals surface area contributed by atoms with E-state index in [1.54, 1.807) is 0 Å². The predicted molar refractivity (Wildman–Crippen MR) is 72.4 cm³/mol. The summed E-state index contributed by atoms with van der Waals surface area (Å²) in [4.78, 5) is 2.09. The van der Waals surface area contributed by atoms with Gasteiger partial charge in [-0.05, 0) is 32.6 Å².